The van der Waals surface area contributed by atoms with Gasteiger partial charge < -0.3 is 73.0 Å². The first-order valence-electron chi connectivity index (χ1n) is 27.8. The molecule has 0 unspecified atom stereocenters. The topological polar surface area (TPSA) is 210 Å². The van der Waals surface area contributed by atoms with E-state index in [-0.39, 0.29) is 43.1 Å². The molecular weight excluding hydrogens is 1070 g/mol. The first kappa shape index (κ1) is 70.1. The zero-order valence-corrected chi connectivity index (χ0v) is 48.6. The molecule has 2 heterocycles. The fourth-order valence-electron chi connectivity index (χ4n) is 7.56. The average molecular weight is 1160 g/mol. The Morgan fingerprint density at radius 3 is 1.61 bits per heavy atom. The van der Waals surface area contributed by atoms with Crippen LogP contribution in [0.25, 0.3) is 6.08 Å². The quantitative estimate of drug-likeness (QED) is 0.0223. The molecule has 0 bridgehead atoms. The number of unbranched alkanes of at least 4 members (excludes halogenated alkanes) is 2. The number of ether oxygens (including phenoxy) is 11. The Morgan fingerprint density at radius 2 is 1.12 bits per heavy atom. The number of fused-ring (bicyclic) bond motifs is 1. The van der Waals surface area contributed by atoms with E-state index in [4.69, 9.17) is 53.1 Å². The maximum Gasteiger partial charge on any atom is 0.313 e. The van der Waals surface area contributed by atoms with Crippen molar-refractivity contribution in [1.29, 1.82) is 0 Å². The Hall–Kier alpha value is -4.18. The van der Waals surface area contributed by atoms with Crippen LogP contribution in [0.5, 0.6) is 5.75 Å². The SMILES string of the molecule is CCCN(CCCNC(=O)CC(C)(C)C)C(=O)C1=Cc2sc(CCCCCN(C)CCOCCOCCOCCOCCOCCOCCOCCOCCOCCOCCC(=O)Oc3c(F)c(F)cc(F)c3F)cc2N=C(N)C1. The van der Waals surface area contributed by atoms with Crippen LogP contribution in [0.2, 0.25) is 0 Å². The molecule has 2 amide bonds. The molecule has 1 aromatic heterocycles. The number of rotatable bonds is 48. The molecule has 80 heavy (non-hydrogen) atoms. The fraction of sp³-hybridized carbons (Fsp3) is 0.714. The van der Waals surface area contributed by atoms with Gasteiger partial charge in [0.15, 0.2) is 11.6 Å². The highest BCUT2D eigenvalue weighted by atomic mass is 32.1. The zero-order chi connectivity index (χ0) is 58.2. The summed E-state index contributed by atoms with van der Waals surface area (Å²) in [7, 11) is 2.11. The van der Waals surface area contributed by atoms with Crippen LogP contribution in [-0.4, -0.2) is 205 Å². The smallest absolute Gasteiger partial charge is 0.313 e. The normalized spacial score (nSPS) is 12.6. The second-order valence-electron chi connectivity index (χ2n) is 19.9. The van der Waals surface area contributed by atoms with Crippen LogP contribution in [0.1, 0.15) is 88.8 Å². The molecular formula is C56H89F4N5O14S. The molecule has 0 saturated heterocycles. The molecule has 1 aliphatic rings. The van der Waals surface area contributed by atoms with Crippen molar-refractivity contribution in [2.75, 3.05) is 172 Å². The van der Waals surface area contributed by atoms with Gasteiger partial charge in [0, 0.05) is 55.5 Å². The number of nitrogens with two attached hydrogens (primary N) is 1. The Labute approximate surface area is 474 Å². The lowest BCUT2D eigenvalue weighted by atomic mass is 9.92. The summed E-state index contributed by atoms with van der Waals surface area (Å²) >= 11 is 1.69. The Bertz CT molecular complexity index is 2090. The van der Waals surface area contributed by atoms with E-state index in [0.717, 1.165) is 55.8 Å². The minimum absolute atomic E-state index is 0.0183. The third-order valence-electron chi connectivity index (χ3n) is 11.6. The molecule has 2 aromatic rings. The highest BCUT2D eigenvalue weighted by Crippen LogP contribution is 2.36. The molecule has 1 aromatic carbocycles. The summed E-state index contributed by atoms with van der Waals surface area (Å²) < 4.78 is 113. The van der Waals surface area contributed by atoms with Crippen molar-refractivity contribution in [2.45, 2.75) is 85.5 Å². The number of hydrogen-bond acceptors (Lipinski definition) is 18. The second-order valence-corrected chi connectivity index (χ2v) is 21.1. The number of esters is 1. The van der Waals surface area contributed by atoms with Crippen LogP contribution in [0.3, 0.4) is 0 Å². The van der Waals surface area contributed by atoms with Crippen LogP contribution in [0, 0.1) is 28.7 Å². The lowest BCUT2D eigenvalue weighted by Crippen LogP contribution is -2.36. The minimum atomic E-state index is -1.80. The van der Waals surface area contributed by atoms with E-state index in [1.54, 1.807) is 11.3 Å². The van der Waals surface area contributed by atoms with Crippen molar-refractivity contribution in [3.63, 3.8) is 0 Å². The van der Waals surface area contributed by atoms with Gasteiger partial charge in [-0.05, 0) is 63.3 Å². The van der Waals surface area contributed by atoms with Crippen molar-refractivity contribution >= 4 is 46.7 Å². The second kappa shape index (κ2) is 42.6. The lowest BCUT2D eigenvalue weighted by Gasteiger charge is -2.24. The number of aliphatic imine (C=N–C) groups is 1. The fourth-order valence-corrected chi connectivity index (χ4v) is 8.67. The highest BCUT2D eigenvalue weighted by molar-refractivity contribution is 7.13. The number of amides is 2. The molecule has 0 spiro atoms. The number of thiophene rings is 1. The molecule has 0 aliphatic carbocycles. The van der Waals surface area contributed by atoms with Gasteiger partial charge in [-0.2, -0.15) is 8.78 Å². The largest absolute Gasteiger partial charge is 0.420 e. The Balaban J connectivity index is 1.03. The third kappa shape index (κ3) is 32.5. The Kier molecular flexibility index (Phi) is 37.3. The maximum absolute atomic E-state index is 13.7. The number of carbonyl (C=O) groups excluding carboxylic acids is 3. The molecule has 0 fully saturated rings. The number of halogens is 4. The maximum atomic E-state index is 13.7. The number of carbonyl (C=O) groups is 3. The van der Waals surface area contributed by atoms with E-state index in [0.29, 0.717) is 163 Å². The van der Waals surface area contributed by atoms with E-state index in [2.05, 4.69) is 40.0 Å². The standard InChI is InChI=1S/C56H89F4N5O14S/c1-6-14-65(16-10-13-62-50(66)42-56(2,3)4)55(68)43-38-48-47(63-49(61)39-43)40-44(80-48)11-8-7-9-15-64(5)17-19-70-21-23-72-25-27-74-29-31-76-33-35-78-37-36-77-34-32-75-30-28-73-26-24-71-22-20-69-18-12-51(67)79-54-52(59)45(57)41-46(58)53(54)60/h38,40-41H,6-37,39,42H2,1-5H3,(H2,61,63)(H,62,66). The van der Waals surface area contributed by atoms with Crippen LogP contribution in [-0.2, 0) is 68.2 Å². The van der Waals surface area contributed by atoms with Crippen molar-refractivity contribution in [2.24, 2.45) is 16.1 Å². The van der Waals surface area contributed by atoms with Crippen molar-refractivity contribution < 1.29 is 84.1 Å². The van der Waals surface area contributed by atoms with E-state index >= 15 is 0 Å². The molecule has 0 atom stereocenters. The number of benzene rings is 1. The van der Waals surface area contributed by atoms with Crippen molar-refractivity contribution in [3.8, 4) is 5.75 Å². The van der Waals surface area contributed by atoms with Gasteiger partial charge in [0.05, 0.1) is 149 Å². The minimum Gasteiger partial charge on any atom is -0.420 e. The molecule has 3 N–H and O–H groups in total. The average Bonchev–Trinajstić information content (AvgIpc) is 3.80. The monoisotopic (exact) mass is 1160 g/mol. The van der Waals surface area contributed by atoms with Crippen LogP contribution in [0.4, 0.5) is 23.2 Å². The molecule has 456 valence electrons. The summed E-state index contributed by atoms with van der Waals surface area (Å²) in [4.78, 5) is 48.7. The van der Waals surface area contributed by atoms with Gasteiger partial charge in [0.2, 0.25) is 29.2 Å². The summed E-state index contributed by atoms with van der Waals surface area (Å²) in [6.07, 6.45) is 8.09. The lowest BCUT2D eigenvalue weighted by molar-refractivity contribution is -0.136. The van der Waals surface area contributed by atoms with Gasteiger partial charge >= 0.3 is 5.97 Å². The van der Waals surface area contributed by atoms with Gasteiger partial charge in [-0.15, -0.1) is 11.3 Å². The summed E-state index contributed by atoms with van der Waals surface area (Å²) in [5, 5.41) is 2.99. The summed E-state index contributed by atoms with van der Waals surface area (Å²) in [6, 6.07) is 2.13. The van der Waals surface area contributed by atoms with Crippen LogP contribution < -0.4 is 15.8 Å². The van der Waals surface area contributed by atoms with Gasteiger partial charge in [-0.1, -0.05) is 34.1 Å². The molecule has 1 aliphatic heterocycles. The predicted octanol–water partition coefficient (Wildman–Crippen LogP) is 7.07. The van der Waals surface area contributed by atoms with Crippen molar-refractivity contribution in [1.82, 2.24) is 15.1 Å². The number of aryl methyl sites for hydroxylation is 1. The highest BCUT2D eigenvalue weighted by Gasteiger charge is 2.25. The first-order valence-corrected chi connectivity index (χ1v) is 28.6. The van der Waals surface area contributed by atoms with Crippen LogP contribution >= 0.6 is 11.3 Å². The molecule has 0 saturated carbocycles. The number of amidine groups is 1. The van der Waals surface area contributed by atoms with E-state index in [9.17, 15) is 31.9 Å². The van der Waals surface area contributed by atoms with Gasteiger partial charge in [0.25, 0.3) is 0 Å². The number of likely N-dealkylation sites (N-methyl/N-ethyl adjacent to an activating group) is 1. The van der Waals surface area contributed by atoms with Gasteiger partial charge in [-0.3, -0.25) is 14.4 Å². The molecule has 19 nitrogen and oxygen atoms in total. The zero-order valence-electron chi connectivity index (χ0n) is 47.8. The van der Waals surface area contributed by atoms with Crippen LogP contribution in [0.15, 0.2) is 22.7 Å². The van der Waals surface area contributed by atoms with E-state index < -0.39 is 41.4 Å². The van der Waals surface area contributed by atoms with E-state index in [1.165, 1.54) is 4.88 Å². The first-order chi connectivity index (χ1) is 38.6. The predicted molar refractivity (Wildman–Crippen MR) is 297 cm³/mol. The number of hydrogen-bond donors (Lipinski definition) is 2. The van der Waals surface area contributed by atoms with Crippen molar-refractivity contribution in [3.05, 3.63) is 50.7 Å². The summed E-state index contributed by atoms with van der Waals surface area (Å²) in [6.45, 7) is 19.4. The molecule has 3 rings (SSSR count). The number of nitrogens with one attached hydrogen (secondary N) is 1. The third-order valence-corrected chi connectivity index (χ3v) is 12.7. The van der Waals surface area contributed by atoms with E-state index in [1.807, 2.05) is 31.7 Å². The number of nitrogens with zero attached hydrogens (tertiary/aromatic N) is 3. The summed E-state index contributed by atoms with van der Waals surface area (Å²) in [5.41, 5.74) is 7.74. The van der Waals surface area contributed by atoms with Gasteiger partial charge in [0.1, 0.15) is 5.84 Å². The Morgan fingerprint density at radius 1 is 0.637 bits per heavy atom. The molecule has 24 heteroatoms. The summed E-state index contributed by atoms with van der Waals surface area (Å²) in [5.74, 6) is -9.05. The van der Waals surface area contributed by atoms with Gasteiger partial charge in [-0.25, -0.2) is 13.8 Å². The molecule has 0 radical (unpaired) electrons.